The maximum atomic E-state index is 12.1. The van der Waals surface area contributed by atoms with E-state index in [1.165, 1.54) is 19.2 Å². The minimum absolute atomic E-state index is 0.386. The summed E-state index contributed by atoms with van der Waals surface area (Å²) in [7, 11) is 1.50. The second kappa shape index (κ2) is 7.16. The first-order valence-corrected chi connectivity index (χ1v) is 6.84. The molecule has 0 spiro atoms. The standard InChI is InChI=1S/C15H14F3N3O3/c1-24-11-4-2-3-10(7-11)12-5-6-14(23)21(20-12)8-13(22)19-9-15(16,17)18/h2-7H,8-9H2,1H3,(H,19,22). The Kier molecular flexibility index (Phi) is 5.22. The summed E-state index contributed by atoms with van der Waals surface area (Å²) in [6.45, 7) is -2.07. The number of nitrogens with one attached hydrogen (secondary N) is 1. The van der Waals surface area contributed by atoms with Crippen LogP contribution in [0.1, 0.15) is 0 Å². The summed E-state index contributed by atoms with van der Waals surface area (Å²) in [4.78, 5) is 23.3. The van der Waals surface area contributed by atoms with Gasteiger partial charge in [0.25, 0.3) is 5.56 Å². The van der Waals surface area contributed by atoms with Gasteiger partial charge >= 0.3 is 6.18 Å². The molecular formula is C15H14F3N3O3. The van der Waals surface area contributed by atoms with Crippen molar-refractivity contribution >= 4 is 5.91 Å². The molecule has 1 heterocycles. The van der Waals surface area contributed by atoms with Crippen molar-refractivity contribution in [1.29, 1.82) is 0 Å². The zero-order valence-corrected chi connectivity index (χ0v) is 12.6. The van der Waals surface area contributed by atoms with Gasteiger partial charge in [0.1, 0.15) is 18.8 Å². The minimum Gasteiger partial charge on any atom is -0.497 e. The third-order valence-electron chi connectivity index (χ3n) is 3.01. The number of rotatable bonds is 5. The molecule has 0 saturated heterocycles. The van der Waals surface area contributed by atoms with Crippen LogP contribution >= 0.6 is 0 Å². The highest BCUT2D eigenvalue weighted by molar-refractivity contribution is 5.75. The van der Waals surface area contributed by atoms with Crippen LogP contribution in [0, 0.1) is 0 Å². The van der Waals surface area contributed by atoms with E-state index in [0.717, 1.165) is 4.68 Å². The van der Waals surface area contributed by atoms with Crippen LogP contribution in [0.5, 0.6) is 5.75 Å². The molecule has 6 nitrogen and oxygen atoms in total. The second-order valence-electron chi connectivity index (χ2n) is 4.84. The average molecular weight is 341 g/mol. The van der Waals surface area contributed by atoms with Crippen LogP contribution in [0.25, 0.3) is 11.3 Å². The molecule has 128 valence electrons. The normalized spacial score (nSPS) is 11.2. The van der Waals surface area contributed by atoms with Gasteiger partial charge in [-0.3, -0.25) is 9.59 Å². The van der Waals surface area contributed by atoms with E-state index >= 15 is 0 Å². The van der Waals surface area contributed by atoms with Crippen LogP contribution in [0.3, 0.4) is 0 Å². The molecule has 2 aromatic rings. The number of carbonyl (C=O) groups is 1. The van der Waals surface area contributed by atoms with Gasteiger partial charge < -0.3 is 10.1 Å². The molecule has 1 aromatic carbocycles. The highest BCUT2D eigenvalue weighted by Gasteiger charge is 2.27. The number of hydrogen-bond donors (Lipinski definition) is 1. The number of benzene rings is 1. The quantitative estimate of drug-likeness (QED) is 0.897. The largest absolute Gasteiger partial charge is 0.497 e. The third kappa shape index (κ3) is 4.83. The van der Waals surface area contributed by atoms with Gasteiger partial charge in [-0.05, 0) is 18.2 Å². The van der Waals surface area contributed by atoms with Crippen molar-refractivity contribution in [2.24, 2.45) is 0 Å². The number of ether oxygens (including phenoxy) is 1. The second-order valence-corrected chi connectivity index (χ2v) is 4.84. The topological polar surface area (TPSA) is 73.2 Å². The summed E-state index contributed by atoms with van der Waals surface area (Å²) in [5, 5.41) is 5.70. The van der Waals surface area contributed by atoms with Crippen molar-refractivity contribution in [2.45, 2.75) is 12.7 Å². The molecule has 1 N–H and O–H groups in total. The van der Waals surface area contributed by atoms with E-state index in [-0.39, 0.29) is 0 Å². The van der Waals surface area contributed by atoms with E-state index in [9.17, 15) is 22.8 Å². The van der Waals surface area contributed by atoms with Crippen molar-refractivity contribution < 1.29 is 22.7 Å². The molecule has 0 aliphatic carbocycles. The molecule has 0 bridgehead atoms. The van der Waals surface area contributed by atoms with Crippen LogP contribution in [-0.4, -0.2) is 35.5 Å². The Morgan fingerprint density at radius 3 is 2.71 bits per heavy atom. The Bertz CT molecular complexity index is 787. The molecule has 0 saturated carbocycles. The molecule has 0 unspecified atom stereocenters. The van der Waals surface area contributed by atoms with Crippen molar-refractivity contribution in [3.05, 3.63) is 46.8 Å². The van der Waals surface area contributed by atoms with E-state index in [2.05, 4.69) is 5.10 Å². The number of nitrogens with zero attached hydrogens (tertiary/aromatic N) is 2. The Labute approximate surface area is 134 Å². The first kappa shape index (κ1) is 17.5. The molecule has 0 aliphatic heterocycles. The molecule has 9 heteroatoms. The number of methoxy groups -OCH3 is 1. The van der Waals surface area contributed by atoms with Crippen LogP contribution < -0.4 is 15.6 Å². The van der Waals surface area contributed by atoms with Crippen LogP contribution in [-0.2, 0) is 11.3 Å². The van der Waals surface area contributed by atoms with Crippen LogP contribution in [0.15, 0.2) is 41.2 Å². The number of aromatic nitrogens is 2. The van der Waals surface area contributed by atoms with Gasteiger partial charge in [-0.2, -0.15) is 18.3 Å². The predicted octanol–water partition coefficient (Wildman–Crippen LogP) is 1.60. The summed E-state index contributed by atoms with van der Waals surface area (Å²) in [5.41, 5.74) is 0.430. The molecule has 0 fully saturated rings. The highest BCUT2D eigenvalue weighted by Crippen LogP contribution is 2.21. The smallest absolute Gasteiger partial charge is 0.405 e. The van der Waals surface area contributed by atoms with E-state index < -0.39 is 30.7 Å². The molecule has 1 aromatic heterocycles. The summed E-state index contributed by atoms with van der Waals surface area (Å²) < 4.78 is 42.1. The minimum atomic E-state index is -4.52. The van der Waals surface area contributed by atoms with E-state index in [1.807, 2.05) is 0 Å². The van der Waals surface area contributed by atoms with Gasteiger partial charge in [-0.15, -0.1) is 0 Å². The number of alkyl halides is 3. The lowest BCUT2D eigenvalue weighted by molar-refractivity contribution is -0.138. The van der Waals surface area contributed by atoms with Crippen molar-refractivity contribution in [1.82, 2.24) is 15.1 Å². The maximum absolute atomic E-state index is 12.1. The van der Waals surface area contributed by atoms with Gasteiger partial charge in [0, 0.05) is 11.6 Å². The number of carbonyl (C=O) groups excluding carboxylic acids is 1. The van der Waals surface area contributed by atoms with Crippen molar-refractivity contribution in [3.63, 3.8) is 0 Å². The summed E-state index contributed by atoms with van der Waals surface area (Å²) in [6, 6.07) is 9.51. The predicted molar refractivity (Wildman–Crippen MR) is 79.5 cm³/mol. The van der Waals surface area contributed by atoms with E-state index in [4.69, 9.17) is 4.74 Å². The number of hydrogen-bond acceptors (Lipinski definition) is 4. The SMILES string of the molecule is COc1cccc(-c2ccc(=O)n(CC(=O)NCC(F)(F)F)n2)c1. The Morgan fingerprint density at radius 2 is 2.04 bits per heavy atom. The molecule has 0 aliphatic rings. The molecule has 24 heavy (non-hydrogen) atoms. The van der Waals surface area contributed by atoms with Gasteiger partial charge in [0.15, 0.2) is 0 Å². The van der Waals surface area contributed by atoms with Gasteiger partial charge in [0.2, 0.25) is 5.91 Å². The van der Waals surface area contributed by atoms with E-state index in [0.29, 0.717) is 17.0 Å². The van der Waals surface area contributed by atoms with Crippen molar-refractivity contribution in [2.75, 3.05) is 13.7 Å². The van der Waals surface area contributed by atoms with Gasteiger partial charge in [-0.1, -0.05) is 12.1 Å². The average Bonchev–Trinajstić information content (AvgIpc) is 2.54. The van der Waals surface area contributed by atoms with Gasteiger partial charge in [-0.25, -0.2) is 4.68 Å². The van der Waals surface area contributed by atoms with Gasteiger partial charge in [0.05, 0.1) is 12.8 Å². The zero-order valence-electron chi connectivity index (χ0n) is 12.6. The summed E-state index contributed by atoms with van der Waals surface area (Å²) in [5.74, 6) is -0.375. The Hall–Kier alpha value is -2.84. The first-order chi connectivity index (χ1) is 11.3. The number of halogens is 3. The highest BCUT2D eigenvalue weighted by atomic mass is 19.4. The fourth-order valence-electron chi connectivity index (χ4n) is 1.89. The Morgan fingerprint density at radius 1 is 1.29 bits per heavy atom. The molecule has 0 radical (unpaired) electrons. The van der Waals surface area contributed by atoms with Crippen LogP contribution in [0.2, 0.25) is 0 Å². The third-order valence-corrected chi connectivity index (χ3v) is 3.01. The fourth-order valence-corrected chi connectivity index (χ4v) is 1.89. The molecule has 2 rings (SSSR count). The molecule has 0 atom stereocenters. The lowest BCUT2D eigenvalue weighted by Gasteiger charge is -2.10. The zero-order chi connectivity index (χ0) is 17.7. The summed E-state index contributed by atoms with van der Waals surface area (Å²) >= 11 is 0. The van der Waals surface area contributed by atoms with E-state index in [1.54, 1.807) is 29.6 Å². The maximum Gasteiger partial charge on any atom is 0.405 e. The monoisotopic (exact) mass is 341 g/mol. The van der Waals surface area contributed by atoms with Crippen LogP contribution in [0.4, 0.5) is 13.2 Å². The van der Waals surface area contributed by atoms with Crippen molar-refractivity contribution in [3.8, 4) is 17.0 Å². The molecule has 1 amide bonds. The molecular weight excluding hydrogens is 327 g/mol. The number of amides is 1. The first-order valence-electron chi connectivity index (χ1n) is 6.84. The fraction of sp³-hybridized carbons (Fsp3) is 0.267. The lowest BCUT2D eigenvalue weighted by Crippen LogP contribution is -2.38. The summed E-state index contributed by atoms with van der Waals surface area (Å²) in [6.07, 6.45) is -4.52. The Balaban J connectivity index is 2.19. The lowest BCUT2D eigenvalue weighted by atomic mass is 10.1.